The average molecular weight is 567 g/mol. The van der Waals surface area contributed by atoms with Crippen molar-refractivity contribution in [2.45, 2.75) is 37.6 Å². The normalized spacial score (nSPS) is 15.8. The maximum atomic E-state index is 13.0. The first-order valence-electron chi connectivity index (χ1n) is 11.7. The first-order valence-corrected chi connectivity index (χ1v) is 13.0. The number of carbonyl (C=O) groups is 3. The Kier molecular flexibility index (Phi) is 10.7. The van der Waals surface area contributed by atoms with Crippen molar-refractivity contribution in [2.75, 3.05) is 22.9 Å². The molecule has 1 aliphatic carbocycles. The summed E-state index contributed by atoms with van der Waals surface area (Å²) in [5.41, 5.74) is 0.231. The summed E-state index contributed by atoms with van der Waals surface area (Å²) in [5, 5.41) is 5.93. The third kappa shape index (κ3) is 9.14. The van der Waals surface area contributed by atoms with E-state index in [4.69, 9.17) is 11.6 Å². The summed E-state index contributed by atoms with van der Waals surface area (Å²) in [6.07, 6.45) is 2.99. The second-order valence-electron chi connectivity index (χ2n) is 8.50. The molecule has 0 spiro atoms. The van der Waals surface area contributed by atoms with Crippen LogP contribution in [0.5, 0.6) is 0 Å². The smallest absolute Gasteiger partial charge is 0.252 e. The second-order valence-corrected chi connectivity index (χ2v) is 9.81. The summed E-state index contributed by atoms with van der Waals surface area (Å²) in [6, 6.07) is 14.1. The molecule has 1 N–H and O–H groups in total. The molecule has 0 bridgehead atoms. The third-order valence-corrected chi connectivity index (χ3v) is 6.54. The molecule has 5 rings (SSSR count). The topological polar surface area (TPSA) is 82.6 Å². The van der Waals surface area contributed by atoms with Gasteiger partial charge in [0.25, 0.3) is 5.92 Å². The van der Waals surface area contributed by atoms with E-state index in [9.17, 15) is 27.6 Å². The number of rotatable bonds is 6. The molecule has 3 amide bonds. The summed E-state index contributed by atoms with van der Waals surface area (Å²) in [6.45, 7) is 0.501. The van der Waals surface area contributed by atoms with Gasteiger partial charge in [0.15, 0.2) is 5.13 Å². The van der Waals surface area contributed by atoms with Gasteiger partial charge in [0.05, 0.1) is 0 Å². The van der Waals surface area contributed by atoms with E-state index in [-0.39, 0.29) is 31.0 Å². The zero-order valence-electron chi connectivity index (χ0n) is 20.2. The molecule has 2 heterocycles. The number of hydrogen-bond acceptors (Lipinski definition) is 5. The Labute approximate surface area is 227 Å². The van der Waals surface area contributed by atoms with Crippen LogP contribution in [0.4, 0.5) is 24.0 Å². The van der Waals surface area contributed by atoms with Crippen molar-refractivity contribution in [1.82, 2.24) is 10.3 Å². The van der Waals surface area contributed by atoms with E-state index in [1.807, 2.05) is 35.7 Å². The molecule has 2 aliphatic rings. The fourth-order valence-electron chi connectivity index (χ4n) is 3.65. The molecule has 1 saturated carbocycles. The second kappa shape index (κ2) is 13.9. The lowest BCUT2D eigenvalue weighted by molar-refractivity contribution is -0.128. The minimum atomic E-state index is -2.72. The standard InChI is InChI=1S/C13H13F3N2O2.C7H8N2OS.C6H5Cl/c14-9-2-1-3-11(4-9)18(8-19)7-12(20)17-10-5-13(15,16)6-10;10-6-2-1-4-9(6)7-8-3-5-11-7;7-6-4-2-1-3-5-6/h1-4,8,10H,5-7H2,(H,17,20);3,5H,1-2,4H2;1-5H. The number of nitrogens with one attached hydrogen (secondary N) is 1. The number of halogens is 4. The van der Waals surface area contributed by atoms with E-state index < -0.39 is 23.7 Å². The lowest BCUT2D eigenvalue weighted by Gasteiger charge is -2.35. The number of carbonyl (C=O) groups excluding carboxylic acids is 3. The molecule has 3 aromatic rings. The highest BCUT2D eigenvalue weighted by Crippen LogP contribution is 2.37. The van der Waals surface area contributed by atoms with Gasteiger partial charge in [-0.25, -0.2) is 18.2 Å². The first kappa shape index (κ1) is 29.1. The van der Waals surface area contributed by atoms with Crippen molar-refractivity contribution in [2.24, 2.45) is 0 Å². The van der Waals surface area contributed by atoms with Gasteiger partial charge < -0.3 is 10.2 Å². The molecular formula is C26H26ClF3N4O3S. The van der Waals surface area contributed by atoms with Crippen molar-refractivity contribution in [3.63, 3.8) is 0 Å². The van der Waals surface area contributed by atoms with Crippen molar-refractivity contribution >= 4 is 52.0 Å². The van der Waals surface area contributed by atoms with Gasteiger partial charge in [0, 0.05) is 54.1 Å². The number of alkyl halides is 2. The maximum Gasteiger partial charge on any atom is 0.252 e. The van der Waals surface area contributed by atoms with Crippen LogP contribution < -0.4 is 15.1 Å². The van der Waals surface area contributed by atoms with Crippen LogP contribution in [0.15, 0.2) is 66.2 Å². The van der Waals surface area contributed by atoms with Gasteiger partial charge in [-0.15, -0.1) is 11.3 Å². The quantitative estimate of drug-likeness (QED) is 0.410. The highest BCUT2D eigenvalue weighted by molar-refractivity contribution is 7.13. The average Bonchev–Trinajstić information content (AvgIpc) is 3.54. The first-order chi connectivity index (χ1) is 18.2. The van der Waals surface area contributed by atoms with Gasteiger partial charge in [0.2, 0.25) is 18.2 Å². The number of hydrogen-bond donors (Lipinski definition) is 1. The summed E-state index contributed by atoms with van der Waals surface area (Å²) >= 11 is 7.06. The van der Waals surface area contributed by atoms with Crippen molar-refractivity contribution < 1.29 is 27.6 Å². The Morgan fingerprint density at radius 3 is 2.45 bits per heavy atom. The minimum Gasteiger partial charge on any atom is -0.351 e. The van der Waals surface area contributed by atoms with E-state index in [0.717, 1.165) is 34.1 Å². The highest BCUT2D eigenvalue weighted by Gasteiger charge is 2.45. The van der Waals surface area contributed by atoms with Crippen LogP contribution in [0.25, 0.3) is 0 Å². The number of aromatic nitrogens is 1. The molecule has 12 heteroatoms. The van der Waals surface area contributed by atoms with Crippen LogP contribution in [0, 0.1) is 5.82 Å². The fourth-order valence-corrected chi connectivity index (χ4v) is 4.48. The number of thiazole rings is 1. The van der Waals surface area contributed by atoms with Crippen LogP contribution in [-0.4, -0.2) is 48.3 Å². The molecule has 1 aliphatic heterocycles. The van der Waals surface area contributed by atoms with Gasteiger partial charge in [-0.05, 0) is 36.8 Å². The van der Waals surface area contributed by atoms with Crippen molar-refractivity contribution in [1.29, 1.82) is 0 Å². The largest absolute Gasteiger partial charge is 0.351 e. The van der Waals surface area contributed by atoms with Crippen LogP contribution >= 0.6 is 22.9 Å². The zero-order chi connectivity index (χ0) is 27.5. The van der Waals surface area contributed by atoms with Crippen LogP contribution in [0.1, 0.15) is 25.7 Å². The van der Waals surface area contributed by atoms with E-state index in [2.05, 4.69) is 10.3 Å². The number of amides is 3. The lowest BCUT2D eigenvalue weighted by atomic mass is 9.88. The predicted molar refractivity (Wildman–Crippen MR) is 141 cm³/mol. The molecule has 202 valence electrons. The molecule has 1 aromatic heterocycles. The van der Waals surface area contributed by atoms with E-state index in [0.29, 0.717) is 12.8 Å². The molecule has 0 unspecified atom stereocenters. The van der Waals surface area contributed by atoms with E-state index in [1.54, 1.807) is 11.1 Å². The third-order valence-electron chi connectivity index (χ3n) is 5.49. The minimum absolute atomic E-state index is 0.208. The van der Waals surface area contributed by atoms with Gasteiger partial charge in [-0.1, -0.05) is 35.9 Å². The molecule has 2 fully saturated rings. The Morgan fingerprint density at radius 2 is 1.95 bits per heavy atom. The summed E-state index contributed by atoms with van der Waals surface area (Å²) in [7, 11) is 0. The lowest BCUT2D eigenvalue weighted by Crippen LogP contribution is -2.52. The molecule has 7 nitrogen and oxygen atoms in total. The van der Waals surface area contributed by atoms with E-state index in [1.165, 1.54) is 29.5 Å². The number of anilines is 2. The van der Waals surface area contributed by atoms with Crippen molar-refractivity contribution in [3.8, 4) is 0 Å². The maximum absolute atomic E-state index is 13.0. The molecule has 2 aromatic carbocycles. The summed E-state index contributed by atoms with van der Waals surface area (Å²) < 4.78 is 38.3. The molecule has 1 saturated heterocycles. The highest BCUT2D eigenvalue weighted by atomic mass is 35.5. The summed E-state index contributed by atoms with van der Waals surface area (Å²) in [5.74, 6) is -3.60. The van der Waals surface area contributed by atoms with Gasteiger partial charge in [-0.2, -0.15) is 0 Å². The zero-order valence-corrected chi connectivity index (χ0v) is 21.8. The van der Waals surface area contributed by atoms with E-state index >= 15 is 0 Å². The Morgan fingerprint density at radius 1 is 1.21 bits per heavy atom. The van der Waals surface area contributed by atoms with Gasteiger partial charge in [0.1, 0.15) is 12.4 Å². The molecule has 0 radical (unpaired) electrons. The van der Waals surface area contributed by atoms with Crippen LogP contribution in [0.2, 0.25) is 5.02 Å². The van der Waals surface area contributed by atoms with Gasteiger partial charge in [-0.3, -0.25) is 19.3 Å². The van der Waals surface area contributed by atoms with Crippen molar-refractivity contribution in [3.05, 3.63) is 77.0 Å². The molecule has 0 atom stereocenters. The molecule has 38 heavy (non-hydrogen) atoms. The fraction of sp³-hybridized carbons (Fsp3) is 0.308. The number of nitrogens with zero attached hydrogens (tertiary/aromatic N) is 3. The summed E-state index contributed by atoms with van der Waals surface area (Å²) in [4.78, 5) is 40.6. The Hall–Kier alpha value is -3.44. The van der Waals surface area contributed by atoms with Crippen LogP contribution in [-0.2, 0) is 14.4 Å². The number of benzene rings is 2. The molecular weight excluding hydrogens is 541 g/mol. The predicted octanol–water partition coefficient (Wildman–Crippen LogP) is 5.31. The van der Waals surface area contributed by atoms with Crippen LogP contribution in [0.3, 0.4) is 0 Å². The SMILES string of the molecule is Clc1ccccc1.O=C1CCCN1c1nccs1.O=CN(CC(=O)NC1CC(F)(F)C1)c1cccc(F)c1. The van der Waals surface area contributed by atoms with Gasteiger partial charge >= 0.3 is 0 Å². The monoisotopic (exact) mass is 566 g/mol. The Balaban J connectivity index is 0.000000184. The Bertz CT molecular complexity index is 1190.